The summed E-state index contributed by atoms with van der Waals surface area (Å²) in [6.07, 6.45) is 2.10. The molecule has 1 aliphatic rings. The second kappa shape index (κ2) is 8.22. The molecule has 0 spiro atoms. The van der Waals surface area contributed by atoms with Gasteiger partial charge < -0.3 is 14.8 Å². The highest BCUT2D eigenvalue weighted by atomic mass is 32.2. The van der Waals surface area contributed by atoms with Crippen LogP contribution in [-0.2, 0) is 0 Å². The number of thioether (sulfide) groups is 1. The van der Waals surface area contributed by atoms with Crippen molar-refractivity contribution in [1.29, 1.82) is 0 Å². The lowest BCUT2D eigenvalue weighted by Crippen LogP contribution is -2.18. The molecular weight excluding hydrogens is 270 g/mol. The molecule has 0 saturated heterocycles. The van der Waals surface area contributed by atoms with Gasteiger partial charge >= 0.3 is 0 Å². The van der Waals surface area contributed by atoms with Crippen LogP contribution in [0.5, 0.6) is 11.5 Å². The third kappa shape index (κ3) is 4.76. The Morgan fingerprint density at radius 2 is 2.10 bits per heavy atom. The second-order valence-electron chi connectivity index (χ2n) is 4.87. The Labute approximate surface area is 125 Å². The van der Waals surface area contributed by atoms with Crippen LogP contribution in [0.15, 0.2) is 35.2 Å². The van der Waals surface area contributed by atoms with Gasteiger partial charge in [-0.05, 0) is 31.2 Å². The molecule has 1 heterocycles. The minimum Gasteiger partial charge on any atom is -0.490 e. The Kier molecular flexibility index (Phi) is 6.27. The molecule has 0 saturated carbocycles. The molecule has 3 nitrogen and oxygen atoms in total. The van der Waals surface area contributed by atoms with Crippen molar-refractivity contribution >= 4 is 11.8 Å². The van der Waals surface area contributed by atoms with Gasteiger partial charge in [-0.15, -0.1) is 11.8 Å². The van der Waals surface area contributed by atoms with Gasteiger partial charge in [-0.1, -0.05) is 19.1 Å². The van der Waals surface area contributed by atoms with E-state index in [-0.39, 0.29) is 0 Å². The number of ether oxygens (including phenoxy) is 2. The van der Waals surface area contributed by atoms with Crippen molar-refractivity contribution in [3.8, 4) is 11.5 Å². The predicted octanol–water partition coefficient (Wildman–Crippen LogP) is 3.50. The molecule has 0 amide bonds. The molecule has 1 aromatic carbocycles. The van der Waals surface area contributed by atoms with Crippen LogP contribution in [0.1, 0.15) is 19.8 Å². The highest BCUT2D eigenvalue weighted by molar-refractivity contribution is 7.99. The van der Waals surface area contributed by atoms with Crippen LogP contribution in [0.25, 0.3) is 0 Å². The maximum Gasteiger partial charge on any atom is 0.162 e. The number of fused-ring (bicyclic) bond motifs is 1. The summed E-state index contributed by atoms with van der Waals surface area (Å²) in [6.45, 7) is 9.68. The zero-order valence-corrected chi connectivity index (χ0v) is 12.9. The van der Waals surface area contributed by atoms with Crippen LogP contribution >= 0.6 is 11.8 Å². The van der Waals surface area contributed by atoms with Crippen LogP contribution in [0.4, 0.5) is 0 Å². The molecule has 0 bridgehead atoms. The molecule has 0 atom stereocenters. The van der Waals surface area contributed by atoms with Crippen molar-refractivity contribution in [3.63, 3.8) is 0 Å². The lowest BCUT2D eigenvalue weighted by molar-refractivity contribution is 0.297. The summed E-state index contributed by atoms with van der Waals surface area (Å²) in [5, 5.41) is 3.37. The molecule has 2 rings (SSSR count). The van der Waals surface area contributed by atoms with Crippen LogP contribution in [0, 0.1) is 0 Å². The Morgan fingerprint density at radius 1 is 1.30 bits per heavy atom. The normalized spacial score (nSPS) is 13.8. The summed E-state index contributed by atoms with van der Waals surface area (Å²) < 4.78 is 11.3. The van der Waals surface area contributed by atoms with E-state index in [4.69, 9.17) is 9.47 Å². The van der Waals surface area contributed by atoms with E-state index >= 15 is 0 Å². The summed E-state index contributed by atoms with van der Waals surface area (Å²) >= 11 is 1.79. The molecule has 0 fully saturated rings. The highest BCUT2D eigenvalue weighted by Crippen LogP contribution is 2.34. The van der Waals surface area contributed by atoms with Gasteiger partial charge in [0.2, 0.25) is 0 Å². The number of rotatable bonds is 7. The summed E-state index contributed by atoms with van der Waals surface area (Å²) in [4.78, 5) is 1.20. The summed E-state index contributed by atoms with van der Waals surface area (Å²) in [5.74, 6) is 2.65. The molecule has 20 heavy (non-hydrogen) atoms. The van der Waals surface area contributed by atoms with Gasteiger partial charge in [0.05, 0.1) is 13.2 Å². The zero-order valence-electron chi connectivity index (χ0n) is 12.1. The van der Waals surface area contributed by atoms with Gasteiger partial charge in [-0.3, -0.25) is 0 Å². The monoisotopic (exact) mass is 293 g/mol. The number of hydrogen-bond donors (Lipinski definition) is 1. The third-order valence-electron chi connectivity index (χ3n) is 2.96. The lowest BCUT2D eigenvalue weighted by Gasteiger charge is -2.10. The number of benzene rings is 1. The van der Waals surface area contributed by atoms with E-state index < -0.39 is 0 Å². The molecule has 0 aromatic heterocycles. The first-order chi connectivity index (χ1) is 9.79. The second-order valence-corrected chi connectivity index (χ2v) is 5.92. The average Bonchev–Trinajstić information content (AvgIpc) is 2.70. The number of hydrogen-bond acceptors (Lipinski definition) is 4. The van der Waals surface area contributed by atoms with Crippen molar-refractivity contribution in [1.82, 2.24) is 5.32 Å². The largest absolute Gasteiger partial charge is 0.490 e. The standard InChI is InChI=1S/C16H23NO2S/c1-3-7-17-11-13(2)12-20-14-5-6-15-16(10-14)19-9-4-8-18-15/h5-6,10,17H,2-4,7-9,11-12H2,1H3. The van der Waals surface area contributed by atoms with Crippen LogP contribution in [0.3, 0.4) is 0 Å². The quantitative estimate of drug-likeness (QED) is 0.473. The average molecular weight is 293 g/mol. The van der Waals surface area contributed by atoms with E-state index in [0.29, 0.717) is 0 Å². The number of nitrogens with one attached hydrogen (secondary N) is 1. The Morgan fingerprint density at radius 3 is 2.90 bits per heavy atom. The van der Waals surface area contributed by atoms with Gasteiger partial charge in [-0.25, -0.2) is 0 Å². The van der Waals surface area contributed by atoms with Gasteiger partial charge in [0.1, 0.15) is 0 Å². The maximum atomic E-state index is 5.70. The van der Waals surface area contributed by atoms with Crippen molar-refractivity contribution < 1.29 is 9.47 Å². The van der Waals surface area contributed by atoms with Gasteiger partial charge in [0.25, 0.3) is 0 Å². The van der Waals surface area contributed by atoms with Crippen LogP contribution < -0.4 is 14.8 Å². The van der Waals surface area contributed by atoms with E-state index in [2.05, 4.69) is 31.0 Å². The smallest absolute Gasteiger partial charge is 0.162 e. The Balaban J connectivity index is 1.84. The summed E-state index contributed by atoms with van der Waals surface area (Å²) in [5.41, 5.74) is 1.22. The maximum absolute atomic E-state index is 5.70. The molecule has 0 aliphatic carbocycles. The van der Waals surface area contributed by atoms with Crippen molar-refractivity contribution in [2.75, 3.05) is 32.1 Å². The fraction of sp³-hybridized carbons (Fsp3) is 0.500. The summed E-state index contributed by atoms with van der Waals surface area (Å²) in [7, 11) is 0. The predicted molar refractivity (Wildman–Crippen MR) is 85.1 cm³/mol. The molecule has 0 unspecified atom stereocenters. The van der Waals surface area contributed by atoms with Crippen LogP contribution in [0.2, 0.25) is 0 Å². The molecule has 110 valence electrons. The first kappa shape index (κ1) is 15.3. The molecule has 1 aliphatic heterocycles. The van der Waals surface area contributed by atoms with E-state index in [0.717, 1.165) is 56.4 Å². The van der Waals surface area contributed by atoms with Crippen molar-refractivity contribution in [3.05, 3.63) is 30.4 Å². The first-order valence-electron chi connectivity index (χ1n) is 7.19. The minimum absolute atomic E-state index is 0.731. The Bertz CT molecular complexity index is 448. The zero-order chi connectivity index (χ0) is 14.2. The molecular formula is C16H23NO2S. The topological polar surface area (TPSA) is 30.5 Å². The fourth-order valence-electron chi connectivity index (χ4n) is 1.91. The molecule has 1 aromatic rings. The third-order valence-corrected chi connectivity index (χ3v) is 4.10. The minimum atomic E-state index is 0.731. The highest BCUT2D eigenvalue weighted by Gasteiger charge is 2.10. The van der Waals surface area contributed by atoms with E-state index in [9.17, 15) is 0 Å². The Hall–Kier alpha value is -1.13. The van der Waals surface area contributed by atoms with Crippen LogP contribution in [-0.4, -0.2) is 32.1 Å². The van der Waals surface area contributed by atoms with Crippen molar-refractivity contribution in [2.45, 2.75) is 24.7 Å². The molecule has 0 radical (unpaired) electrons. The fourth-order valence-corrected chi connectivity index (χ4v) is 2.74. The van der Waals surface area contributed by atoms with Gasteiger partial charge in [0, 0.05) is 23.6 Å². The molecule has 4 heteroatoms. The van der Waals surface area contributed by atoms with Gasteiger partial charge in [0.15, 0.2) is 11.5 Å². The summed E-state index contributed by atoms with van der Waals surface area (Å²) in [6, 6.07) is 6.16. The van der Waals surface area contributed by atoms with Gasteiger partial charge in [-0.2, -0.15) is 0 Å². The lowest BCUT2D eigenvalue weighted by atomic mass is 10.3. The first-order valence-corrected chi connectivity index (χ1v) is 8.18. The van der Waals surface area contributed by atoms with E-state index in [1.165, 1.54) is 10.5 Å². The van der Waals surface area contributed by atoms with Crippen molar-refractivity contribution in [2.24, 2.45) is 0 Å². The molecule has 1 N–H and O–H groups in total. The SMILES string of the molecule is C=C(CNCCC)CSc1ccc2c(c1)OCCCO2. The van der Waals surface area contributed by atoms with E-state index in [1.54, 1.807) is 11.8 Å². The van der Waals surface area contributed by atoms with E-state index in [1.807, 2.05) is 6.07 Å².